The molecule has 0 aromatic heterocycles. The lowest BCUT2D eigenvalue weighted by Gasteiger charge is -2.09. The lowest BCUT2D eigenvalue weighted by molar-refractivity contribution is 0.102. The zero-order valence-corrected chi connectivity index (χ0v) is 14.1. The van der Waals surface area contributed by atoms with Crippen molar-refractivity contribution in [3.63, 3.8) is 0 Å². The van der Waals surface area contributed by atoms with E-state index in [1.54, 1.807) is 24.3 Å². The van der Waals surface area contributed by atoms with Crippen LogP contribution >= 0.6 is 39.1 Å². The molecular formula is C15H13BrCl2N2O. The quantitative estimate of drug-likeness (QED) is 0.758. The van der Waals surface area contributed by atoms with Gasteiger partial charge in [-0.1, -0.05) is 35.3 Å². The van der Waals surface area contributed by atoms with E-state index in [0.717, 1.165) is 12.0 Å². The molecule has 2 rings (SSSR count). The number of nitrogens with one attached hydrogen (secondary N) is 1. The van der Waals surface area contributed by atoms with Crippen molar-refractivity contribution in [2.75, 3.05) is 11.9 Å². The number of nitrogens with two attached hydrogens (primary N) is 1. The first kappa shape index (κ1) is 16.3. The van der Waals surface area contributed by atoms with Crippen LogP contribution in [-0.2, 0) is 6.42 Å². The van der Waals surface area contributed by atoms with Gasteiger partial charge in [-0.25, -0.2) is 0 Å². The van der Waals surface area contributed by atoms with Gasteiger partial charge in [-0.15, -0.1) is 0 Å². The standard InChI is InChI=1S/C15H13BrCl2N2O/c16-11-5-6-12(14(18)13(11)17)20-15(21)10-3-1-9(2-4-10)7-8-19/h1-6H,7-8,19H2,(H,20,21). The van der Waals surface area contributed by atoms with E-state index in [-0.39, 0.29) is 5.91 Å². The average Bonchev–Trinajstić information content (AvgIpc) is 2.49. The van der Waals surface area contributed by atoms with E-state index in [4.69, 9.17) is 28.9 Å². The second kappa shape index (κ2) is 7.27. The van der Waals surface area contributed by atoms with Gasteiger partial charge in [0.1, 0.15) is 0 Å². The predicted octanol–water partition coefficient (Wildman–Crippen LogP) is 4.51. The molecule has 0 fully saturated rings. The van der Waals surface area contributed by atoms with Gasteiger partial charge in [0.15, 0.2) is 0 Å². The van der Waals surface area contributed by atoms with Crippen molar-refractivity contribution in [3.05, 3.63) is 62.0 Å². The summed E-state index contributed by atoms with van der Waals surface area (Å²) in [5.74, 6) is -0.241. The zero-order chi connectivity index (χ0) is 15.4. The lowest BCUT2D eigenvalue weighted by atomic mass is 10.1. The number of carbonyl (C=O) groups is 1. The van der Waals surface area contributed by atoms with Crippen molar-refractivity contribution in [2.45, 2.75) is 6.42 Å². The third-order valence-corrected chi connectivity index (χ3v) is 4.70. The zero-order valence-electron chi connectivity index (χ0n) is 11.0. The van der Waals surface area contributed by atoms with Crippen LogP contribution in [0.2, 0.25) is 10.0 Å². The molecule has 3 N–H and O–H groups in total. The molecule has 1 amide bonds. The maximum atomic E-state index is 12.2. The lowest BCUT2D eigenvalue weighted by Crippen LogP contribution is -2.12. The van der Waals surface area contributed by atoms with Gasteiger partial charge in [-0.3, -0.25) is 4.79 Å². The Morgan fingerprint density at radius 3 is 2.38 bits per heavy atom. The molecule has 0 aliphatic carbocycles. The highest BCUT2D eigenvalue weighted by atomic mass is 79.9. The van der Waals surface area contributed by atoms with Crippen LogP contribution in [0.3, 0.4) is 0 Å². The fraction of sp³-hybridized carbons (Fsp3) is 0.133. The van der Waals surface area contributed by atoms with Gasteiger partial charge in [0.05, 0.1) is 15.7 Å². The molecule has 0 aliphatic heterocycles. The first-order valence-corrected chi connectivity index (χ1v) is 7.81. The van der Waals surface area contributed by atoms with Crippen molar-refractivity contribution < 1.29 is 4.79 Å². The van der Waals surface area contributed by atoms with E-state index in [2.05, 4.69) is 21.2 Å². The fourth-order valence-corrected chi connectivity index (χ4v) is 2.63. The molecule has 0 bridgehead atoms. The molecule has 6 heteroatoms. The Hall–Kier alpha value is -1.07. The molecule has 3 nitrogen and oxygen atoms in total. The number of carbonyl (C=O) groups excluding carboxylic acids is 1. The van der Waals surface area contributed by atoms with Crippen molar-refractivity contribution >= 4 is 50.7 Å². The van der Waals surface area contributed by atoms with E-state index in [1.165, 1.54) is 0 Å². The Bertz CT molecular complexity index is 659. The number of halogens is 3. The van der Waals surface area contributed by atoms with Crippen LogP contribution in [-0.4, -0.2) is 12.5 Å². The minimum Gasteiger partial charge on any atom is -0.330 e. The summed E-state index contributed by atoms with van der Waals surface area (Å²) in [5, 5.41) is 3.42. The molecule has 0 saturated heterocycles. The fourth-order valence-electron chi connectivity index (χ4n) is 1.81. The first-order chi connectivity index (χ1) is 10.0. The van der Waals surface area contributed by atoms with Gasteiger partial charge < -0.3 is 11.1 Å². The number of hydrogen-bond acceptors (Lipinski definition) is 2. The molecule has 2 aromatic rings. The Balaban J connectivity index is 2.16. The largest absolute Gasteiger partial charge is 0.330 e. The number of benzene rings is 2. The summed E-state index contributed by atoms with van der Waals surface area (Å²) in [6.07, 6.45) is 0.788. The van der Waals surface area contributed by atoms with Gasteiger partial charge in [0, 0.05) is 10.0 Å². The third-order valence-electron chi connectivity index (χ3n) is 2.93. The maximum Gasteiger partial charge on any atom is 0.255 e. The SMILES string of the molecule is NCCc1ccc(C(=O)Nc2ccc(Br)c(Cl)c2Cl)cc1. The van der Waals surface area contributed by atoms with Crippen molar-refractivity contribution in [2.24, 2.45) is 5.73 Å². The second-order valence-corrected chi connectivity index (χ2v) is 6.02. The van der Waals surface area contributed by atoms with E-state index in [1.807, 2.05) is 12.1 Å². The second-order valence-electron chi connectivity index (χ2n) is 4.41. The maximum absolute atomic E-state index is 12.2. The minimum atomic E-state index is -0.241. The summed E-state index contributed by atoms with van der Waals surface area (Å²) in [7, 11) is 0. The van der Waals surface area contributed by atoms with E-state index >= 15 is 0 Å². The summed E-state index contributed by atoms with van der Waals surface area (Å²) >= 11 is 15.4. The van der Waals surface area contributed by atoms with E-state index in [9.17, 15) is 4.79 Å². The molecule has 2 aromatic carbocycles. The molecule has 21 heavy (non-hydrogen) atoms. The smallest absolute Gasteiger partial charge is 0.255 e. The molecular weight excluding hydrogens is 375 g/mol. The molecule has 0 atom stereocenters. The summed E-state index contributed by atoms with van der Waals surface area (Å²) in [6.45, 7) is 0.582. The summed E-state index contributed by atoms with van der Waals surface area (Å²) in [6, 6.07) is 10.7. The molecule has 0 heterocycles. The highest BCUT2D eigenvalue weighted by molar-refractivity contribution is 9.10. The Morgan fingerprint density at radius 1 is 1.10 bits per heavy atom. The van der Waals surface area contributed by atoms with E-state index < -0.39 is 0 Å². The van der Waals surface area contributed by atoms with Crippen LogP contribution in [0.4, 0.5) is 5.69 Å². The topological polar surface area (TPSA) is 55.1 Å². The molecule has 110 valence electrons. The molecule has 0 spiro atoms. The van der Waals surface area contributed by atoms with Crippen molar-refractivity contribution in [1.29, 1.82) is 0 Å². The van der Waals surface area contributed by atoms with Gasteiger partial charge in [-0.2, -0.15) is 0 Å². The minimum absolute atomic E-state index is 0.241. The van der Waals surface area contributed by atoms with Gasteiger partial charge in [0.25, 0.3) is 5.91 Å². The van der Waals surface area contributed by atoms with Gasteiger partial charge in [0.2, 0.25) is 0 Å². The number of amides is 1. The highest BCUT2D eigenvalue weighted by Crippen LogP contribution is 2.35. The monoisotopic (exact) mass is 386 g/mol. The average molecular weight is 388 g/mol. The van der Waals surface area contributed by atoms with Crippen molar-refractivity contribution in [3.8, 4) is 0 Å². The van der Waals surface area contributed by atoms with Gasteiger partial charge in [-0.05, 0) is 58.7 Å². The van der Waals surface area contributed by atoms with Crippen LogP contribution in [0, 0.1) is 0 Å². The molecule has 0 radical (unpaired) electrons. The van der Waals surface area contributed by atoms with Crippen LogP contribution < -0.4 is 11.1 Å². The molecule has 0 saturated carbocycles. The number of rotatable bonds is 4. The molecule has 0 aliphatic rings. The van der Waals surface area contributed by atoms with Crippen LogP contribution in [0.5, 0.6) is 0 Å². The summed E-state index contributed by atoms with van der Waals surface area (Å²) in [5.41, 5.74) is 7.61. The Morgan fingerprint density at radius 2 is 1.76 bits per heavy atom. The van der Waals surface area contributed by atoms with Crippen LogP contribution in [0.15, 0.2) is 40.9 Å². The number of hydrogen-bond donors (Lipinski definition) is 2. The Labute approximate surface area is 141 Å². The number of anilines is 1. The first-order valence-electron chi connectivity index (χ1n) is 6.26. The predicted molar refractivity (Wildman–Crippen MR) is 91.3 cm³/mol. The highest BCUT2D eigenvalue weighted by Gasteiger charge is 2.12. The molecule has 0 unspecified atom stereocenters. The summed E-state index contributed by atoms with van der Waals surface area (Å²) < 4.78 is 0.679. The Kier molecular flexibility index (Phi) is 5.65. The van der Waals surface area contributed by atoms with Gasteiger partial charge >= 0.3 is 0 Å². The van der Waals surface area contributed by atoms with Crippen molar-refractivity contribution in [1.82, 2.24) is 0 Å². The summed E-state index contributed by atoms with van der Waals surface area (Å²) in [4.78, 5) is 12.2. The normalized spacial score (nSPS) is 10.5. The van der Waals surface area contributed by atoms with Crippen LogP contribution in [0.25, 0.3) is 0 Å². The van der Waals surface area contributed by atoms with E-state index in [0.29, 0.717) is 32.3 Å². The van der Waals surface area contributed by atoms with Crippen LogP contribution in [0.1, 0.15) is 15.9 Å². The third kappa shape index (κ3) is 3.98.